The summed E-state index contributed by atoms with van der Waals surface area (Å²) in [5.41, 5.74) is 0. The number of rotatable bonds is 2. The van der Waals surface area contributed by atoms with Crippen molar-refractivity contribution >= 4 is 34.0 Å². The highest BCUT2D eigenvalue weighted by molar-refractivity contribution is 7.88. The Labute approximate surface area is 55.4 Å². The van der Waals surface area contributed by atoms with E-state index in [1.807, 2.05) is 0 Å². The van der Waals surface area contributed by atoms with E-state index in [9.17, 15) is 4.21 Å². The molecule has 44 valence electrons. The van der Waals surface area contributed by atoms with Crippen molar-refractivity contribution in [3.63, 3.8) is 0 Å². The van der Waals surface area contributed by atoms with E-state index in [0.717, 1.165) is 0 Å². The zero-order chi connectivity index (χ0) is 5.86. The Hall–Kier alpha value is 0.730. The molecule has 0 bridgehead atoms. The molecular weight excluding hydrogens is 155 g/mol. The van der Waals surface area contributed by atoms with Gasteiger partial charge in [0.1, 0.15) is 4.71 Å². The van der Waals surface area contributed by atoms with Gasteiger partial charge in [0, 0.05) is 0 Å². The first-order valence-electron chi connectivity index (χ1n) is 1.75. The molecule has 0 rings (SSSR count). The molecule has 1 nitrogen and oxygen atoms in total. The molecule has 7 heavy (non-hydrogen) atoms. The van der Waals surface area contributed by atoms with E-state index in [4.69, 9.17) is 23.2 Å². The number of hydrogen-bond acceptors (Lipinski definition) is 1. The standard InChI is InChI=1S/C3H6Cl2OS/c1-3(5)7(6)2-4/h3H,2H2,1H3/t3-,7?/m1/s1. The van der Waals surface area contributed by atoms with Crippen molar-refractivity contribution in [3.05, 3.63) is 0 Å². The van der Waals surface area contributed by atoms with Crippen LogP contribution < -0.4 is 0 Å². The molecule has 0 heterocycles. The van der Waals surface area contributed by atoms with Crippen LogP contribution in [0.5, 0.6) is 0 Å². The van der Waals surface area contributed by atoms with Gasteiger partial charge in [-0.2, -0.15) is 0 Å². The lowest BCUT2D eigenvalue weighted by atomic mass is 11.0. The number of alkyl halides is 2. The summed E-state index contributed by atoms with van der Waals surface area (Å²) in [5.74, 6) is 0. The van der Waals surface area contributed by atoms with Crippen molar-refractivity contribution in [3.8, 4) is 0 Å². The quantitative estimate of drug-likeness (QED) is 0.561. The Bertz CT molecular complexity index is 73.3. The van der Waals surface area contributed by atoms with E-state index in [1.54, 1.807) is 6.92 Å². The van der Waals surface area contributed by atoms with E-state index >= 15 is 0 Å². The minimum absolute atomic E-state index is 0.130. The van der Waals surface area contributed by atoms with Crippen molar-refractivity contribution < 1.29 is 4.21 Å². The van der Waals surface area contributed by atoms with Crippen LogP contribution in [-0.2, 0) is 10.8 Å². The van der Waals surface area contributed by atoms with Gasteiger partial charge < -0.3 is 0 Å². The first kappa shape index (κ1) is 7.73. The van der Waals surface area contributed by atoms with E-state index in [1.165, 1.54) is 0 Å². The molecule has 0 saturated carbocycles. The largest absolute Gasteiger partial charge is 0.257 e. The third kappa shape index (κ3) is 3.32. The minimum Gasteiger partial charge on any atom is -0.257 e. The summed E-state index contributed by atoms with van der Waals surface area (Å²) < 4.78 is 10.0. The average Bonchev–Trinajstić information content (AvgIpc) is 1.65. The Morgan fingerprint density at radius 2 is 2.29 bits per heavy atom. The van der Waals surface area contributed by atoms with E-state index in [0.29, 0.717) is 0 Å². The molecule has 2 atom stereocenters. The predicted molar refractivity (Wildman–Crippen MR) is 34.2 cm³/mol. The van der Waals surface area contributed by atoms with Crippen molar-refractivity contribution in [2.75, 3.05) is 5.21 Å². The van der Waals surface area contributed by atoms with E-state index in [-0.39, 0.29) is 9.92 Å². The fourth-order valence-corrected chi connectivity index (χ4v) is 1.21. The van der Waals surface area contributed by atoms with Gasteiger partial charge in [0.2, 0.25) is 0 Å². The normalized spacial score (nSPS) is 18.7. The van der Waals surface area contributed by atoms with Crippen LogP contribution in [-0.4, -0.2) is 14.1 Å². The van der Waals surface area contributed by atoms with Gasteiger partial charge in [-0.25, -0.2) is 0 Å². The van der Waals surface area contributed by atoms with Crippen LogP contribution in [0.4, 0.5) is 0 Å². The third-order valence-electron chi connectivity index (χ3n) is 0.470. The summed E-state index contributed by atoms with van der Waals surface area (Å²) in [7, 11) is -1.05. The maximum Gasteiger partial charge on any atom is 0.107 e. The molecule has 0 aliphatic carbocycles. The van der Waals surface area contributed by atoms with Crippen LogP contribution >= 0.6 is 23.2 Å². The molecule has 0 N–H and O–H groups in total. The van der Waals surface area contributed by atoms with Gasteiger partial charge in [-0.15, -0.1) is 23.2 Å². The summed E-state index contributed by atoms with van der Waals surface area (Å²) in [6.07, 6.45) is 0. The zero-order valence-corrected chi connectivity index (χ0v) is 6.19. The molecule has 0 spiro atoms. The topological polar surface area (TPSA) is 17.1 Å². The van der Waals surface area contributed by atoms with Crippen molar-refractivity contribution in [2.24, 2.45) is 0 Å². The second-order valence-electron chi connectivity index (χ2n) is 1.03. The second-order valence-corrected chi connectivity index (χ2v) is 4.29. The fraction of sp³-hybridized carbons (Fsp3) is 1.00. The fourth-order valence-electron chi connectivity index (χ4n) is 0.0868. The van der Waals surface area contributed by atoms with Gasteiger partial charge in [0.05, 0.1) is 16.0 Å². The highest BCUT2D eigenvalue weighted by atomic mass is 35.5. The lowest BCUT2D eigenvalue weighted by Gasteiger charge is -1.94. The molecule has 0 saturated heterocycles. The highest BCUT2D eigenvalue weighted by Gasteiger charge is 2.02. The summed E-state index contributed by atoms with van der Waals surface area (Å²) >= 11 is 10.5. The predicted octanol–water partition coefficient (Wildman–Crippen LogP) is 1.52. The van der Waals surface area contributed by atoms with Crippen molar-refractivity contribution in [1.82, 2.24) is 0 Å². The number of hydrogen-bond donors (Lipinski definition) is 0. The average molecular weight is 161 g/mol. The van der Waals surface area contributed by atoms with Crippen LogP contribution in [0.1, 0.15) is 6.92 Å². The summed E-state index contributed by atoms with van der Waals surface area (Å²) in [4.78, 5) is 0. The number of halogens is 2. The van der Waals surface area contributed by atoms with Gasteiger partial charge >= 0.3 is 0 Å². The van der Waals surface area contributed by atoms with Gasteiger partial charge in [-0.05, 0) is 6.92 Å². The molecule has 0 amide bonds. The molecule has 0 aliphatic rings. The molecule has 1 unspecified atom stereocenters. The highest BCUT2D eigenvalue weighted by Crippen LogP contribution is 2.01. The van der Waals surface area contributed by atoms with Crippen LogP contribution in [0.25, 0.3) is 0 Å². The van der Waals surface area contributed by atoms with Crippen LogP contribution in [0.2, 0.25) is 0 Å². The lowest BCUT2D eigenvalue weighted by Crippen LogP contribution is -2.01. The summed E-state index contributed by atoms with van der Waals surface area (Å²) in [6.45, 7) is 1.65. The van der Waals surface area contributed by atoms with Gasteiger partial charge in [0.15, 0.2) is 0 Å². The maximum absolute atomic E-state index is 10.4. The van der Waals surface area contributed by atoms with Gasteiger partial charge in [0.25, 0.3) is 0 Å². The van der Waals surface area contributed by atoms with Gasteiger partial charge in [-0.1, -0.05) is 0 Å². The zero-order valence-electron chi connectivity index (χ0n) is 3.86. The van der Waals surface area contributed by atoms with Crippen molar-refractivity contribution in [2.45, 2.75) is 11.6 Å². The Morgan fingerprint density at radius 1 is 1.86 bits per heavy atom. The summed E-state index contributed by atoms with van der Waals surface area (Å²) in [6, 6.07) is 0. The monoisotopic (exact) mass is 160 g/mol. The Balaban J connectivity index is 3.35. The van der Waals surface area contributed by atoms with Crippen molar-refractivity contribution in [1.29, 1.82) is 0 Å². The molecular formula is C3H6Cl2OS. The van der Waals surface area contributed by atoms with E-state index < -0.39 is 10.8 Å². The SMILES string of the molecule is C[C@H](Cl)S(=O)CCl. The van der Waals surface area contributed by atoms with Gasteiger partial charge in [-0.3, -0.25) is 4.21 Å². The lowest BCUT2D eigenvalue weighted by molar-refractivity contribution is 0.685. The molecule has 0 aromatic carbocycles. The molecule has 0 fully saturated rings. The Kier molecular flexibility index (Phi) is 4.08. The van der Waals surface area contributed by atoms with Crippen LogP contribution in [0, 0.1) is 0 Å². The minimum atomic E-state index is -1.05. The molecule has 0 aliphatic heterocycles. The summed E-state index contributed by atoms with van der Waals surface area (Å²) in [5, 5.41) is 0.130. The Morgan fingerprint density at radius 3 is 2.29 bits per heavy atom. The third-order valence-corrected chi connectivity index (χ3v) is 2.65. The molecule has 0 radical (unpaired) electrons. The first-order valence-corrected chi connectivity index (χ1v) is 4.11. The smallest absolute Gasteiger partial charge is 0.107 e. The van der Waals surface area contributed by atoms with E-state index in [2.05, 4.69) is 0 Å². The van der Waals surface area contributed by atoms with Crippen LogP contribution in [0.3, 0.4) is 0 Å². The molecule has 0 aromatic rings. The maximum atomic E-state index is 10.4. The van der Waals surface area contributed by atoms with Crippen LogP contribution in [0.15, 0.2) is 0 Å². The second kappa shape index (κ2) is 3.70. The first-order chi connectivity index (χ1) is 3.18. The molecule has 4 heteroatoms. The molecule has 0 aromatic heterocycles.